The van der Waals surface area contributed by atoms with Crippen LogP contribution in [0.4, 0.5) is 25.8 Å². The maximum Gasteiger partial charge on any atom is 0.335 e. The van der Waals surface area contributed by atoms with Crippen LogP contribution in [0.3, 0.4) is 0 Å². The Bertz CT molecular complexity index is 5360. The van der Waals surface area contributed by atoms with Gasteiger partial charge >= 0.3 is 207 Å². The van der Waals surface area contributed by atoms with Crippen molar-refractivity contribution in [1.82, 2.24) is 0 Å². The smallest absolute Gasteiger partial charge is 0.335 e. The molecule has 0 amide bonds. The molecule has 0 saturated carbocycles. The van der Waals surface area contributed by atoms with Crippen molar-refractivity contribution >= 4 is 206 Å². The predicted octanol–water partition coefficient (Wildman–Crippen LogP) is 36.1. The third kappa shape index (κ3) is 51.5. The van der Waals surface area contributed by atoms with Crippen LogP contribution in [0.15, 0.2) is 291 Å². The third-order valence-electron chi connectivity index (χ3n) is 20.2. The number of hydrogen-bond donors (Lipinski definition) is 1. The van der Waals surface area contributed by atoms with Crippen molar-refractivity contribution in [2.75, 3.05) is 90.5 Å². The number of rotatable bonds is 37. The first kappa shape index (κ1) is 126. The quantitative estimate of drug-likeness (QED) is 0.0174. The van der Waals surface area contributed by atoms with Gasteiger partial charge in [0.05, 0.1) is 46.3 Å². The number of methoxy groups -OCH3 is 1. The molecule has 1 N–H and O–H groups in total. The monoisotopic (exact) mass is 2440 g/mol. The summed E-state index contributed by atoms with van der Waals surface area (Å²) in [6.45, 7) is 16.9. The second-order valence-electron chi connectivity index (χ2n) is 31.1. The molecular formula is C116H151F2I4N3O8P2Sn. The molecule has 12 aromatic carbocycles. The Morgan fingerprint density at radius 3 is 0.949 bits per heavy atom. The van der Waals surface area contributed by atoms with Gasteiger partial charge in [-0.3, -0.25) is 4.57 Å². The van der Waals surface area contributed by atoms with Gasteiger partial charge in [-0.15, -0.1) is 0 Å². The van der Waals surface area contributed by atoms with Crippen LogP contribution in [0.1, 0.15) is 191 Å². The van der Waals surface area contributed by atoms with Crippen LogP contribution < -0.4 is 23.0 Å². The number of aromatic hydroxyl groups is 1. The zero-order chi connectivity index (χ0) is 95.0. The summed E-state index contributed by atoms with van der Waals surface area (Å²) in [4.78, 5) is 6.31. The Balaban J connectivity index is 0.000000798. The van der Waals surface area contributed by atoms with E-state index in [0.29, 0.717) is 38.8 Å². The molecule has 0 unspecified atom stereocenters. The van der Waals surface area contributed by atoms with E-state index in [1.54, 1.807) is 60.9 Å². The Morgan fingerprint density at radius 1 is 0.346 bits per heavy atom. The molecule has 0 saturated heterocycles. The van der Waals surface area contributed by atoms with E-state index in [1.165, 1.54) is 146 Å². The van der Waals surface area contributed by atoms with Gasteiger partial charge in [-0.2, -0.15) is 0 Å². The molecule has 136 heavy (non-hydrogen) atoms. The number of ether oxygens (including phenoxy) is 1. The summed E-state index contributed by atoms with van der Waals surface area (Å²) in [7, 11) is 9.72. The van der Waals surface area contributed by atoms with E-state index in [9.17, 15) is 13.3 Å². The SMILES string of the molecule is C.C.C.C.C.CCC[CH2][Sn]([CH2]CCC)([CH2]CCC)[c]1cccc(/C=C/c2ccc(N(C)C)cc2)c1.CCOP(=O)(Cc1ccc(F)cc1)OCC.CCOP(OCC)OCc1cccc(I)c1.CN(C)c1ccc(/C=C/c2ccc(F)cc2)cc1.CN(C)c1ccc(/C=C/c2cccc(I)c2)cc1.COc1ccc(/C=C/c2cccc(I)c2)cc1.Oc1ccc(/C=C/c2cccc(I)c2)cc1. The molecule has 0 spiro atoms. The largest absolute Gasteiger partial charge is 0.508 e. The molecule has 12 rings (SSSR count). The summed E-state index contributed by atoms with van der Waals surface area (Å²) >= 11 is 6.89. The molecule has 0 atom stereocenters. The second-order valence-corrected chi connectivity index (χ2v) is 52.6. The van der Waals surface area contributed by atoms with E-state index < -0.39 is 34.6 Å². The van der Waals surface area contributed by atoms with Crippen molar-refractivity contribution in [2.45, 2.75) is 150 Å². The molecule has 12 aromatic rings. The van der Waals surface area contributed by atoms with Gasteiger partial charge < -0.3 is 42.3 Å². The van der Waals surface area contributed by atoms with Crippen molar-refractivity contribution in [2.24, 2.45) is 0 Å². The minimum Gasteiger partial charge on any atom is -0.508 e. The molecule has 0 aromatic heterocycles. The van der Waals surface area contributed by atoms with E-state index in [2.05, 4.69) is 372 Å². The van der Waals surface area contributed by atoms with Gasteiger partial charge in [0.25, 0.3) is 0 Å². The third-order valence-corrected chi connectivity index (χ3v) is 41.8. The molecule has 20 heteroatoms. The van der Waals surface area contributed by atoms with Crippen molar-refractivity contribution in [3.05, 3.63) is 384 Å². The number of unbranched alkanes of at least 4 members (excludes halogenated alkanes) is 3. The maximum atomic E-state index is 12.7. The van der Waals surface area contributed by atoms with Gasteiger partial charge in [-0.25, -0.2) is 8.78 Å². The number of anilines is 3. The average molecular weight is 2440 g/mol. The van der Waals surface area contributed by atoms with Crippen LogP contribution in [0.2, 0.25) is 13.3 Å². The average Bonchev–Trinajstić information content (AvgIpc) is 0.803. The minimum absolute atomic E-state index is 0. The van der Waals surface area contributed by atoms with E-state index in [0.717, 1.165) is 33.6 Å². The van der Waals surface area contributed by atoms with Gasteiger partial charge in [-0.05, 0) is 295 Å². The van der Waals surface area contributed by atoms with E-state index in [-0.39, 0.29) is 54.9 Å². The summed E-state index contributed by atoms with van der Waals surface area (Å²) in [5.41, 5.74) is 17.4. The zero-order valence-electron chi connectivity index (χ0n) is 78.4. The van der Waals surface area contributed by atoms with Crippen molar-refractivity contribution in [1.29, 1.82) is 0 Å². The first-order valence-electron chi connectivity index (χ1n) is 44.6. The van der Waals surface area contributed by atoms with Gasteiger partial charge in [-0.1, -0.05) is 207 Å². The Kier molecular flexibility index (Phi) is 67.5. The molecule has 0 bridgehead atoms. The molecule has 0 heterocycles. The van der Waals surface area contributed by atoms with Gasteiger partial charge in [0.2, 0.25) is 0 Å². The predicted molar refractivity (Wildman–Crippen MR) is 632 cm³/mol. The number of hydrogen-bond acceptors (Lipinski definition) is 11. The van der Waals surface area contributed by atoms with E-state index in [1.807, 2.05) is 101 Å². The topological polar surface area (TPSA) is 102 Å². The maximum absolute atomic E-state index is 12.7. The Hall–Kier alpha value is -7.62. The standard InChI is InChI=1S/C16H16FN.C16H16IN.C16H16N.C15H13IO.C14H11IO.C11H16FO3P.C11H16IO3P.3C4H9.5CH4.Sn/c1-18(2)16-11-7-14(8-12-16)4-3-13-5-9-15(17)10-6-13;1-18(2)16-10-8-13(9-11-16)6-7-14-4-3-5-15(17)12-14;1-17(2)16-12-10-15(11-13-16)9-8-14-6-4-3-5-7-14;1-17-15-9-7-12(8-10-15)5-6-13-3-2-4-14(16)11-13;15-13-3-1-2-12(10-13)5-4-11-6-8-14(16)9-7-11;1-3-14-16(13,15-4-2)9-10-5-7-11(12)8-6-10;1-3-13-16(14-4-2)15-9-10-6-5-7-11(12)8-10;3*1-3-4-2;;;;;;/h2*3-12H,1-2H3;3-4,6-13H,1-2H3;2-11H,1H3;1-10,16H;2*5-8H,3-4,9H2,1-2H3;3*1,3-4H2,2H3;5*1H4;/b4-3+;7-6+;9-8+;6-5+;5-4+;;;;;;;;;;;. The summed E-state index contributed by atoms with van der Waals surface area (Å²) in [6, 6.07) is 96.1. The second kappa shape index (κ2) is 72.6. The Morgan fingerprint density at radius 2 is 0.640 bits per heavy atom. The van der Waals surface area contributed by atoms with Gasteiger partial charge in [0, 0.05) is 53.8 Å². The Labute approximate surface area is 879 Å². The summed E-state index contributed by atoms with van der Waals surface area (Å²) in [5, 5.41) is 9.15. The fraction of sp³-hybridized carbons (Fsp3) is 0.293. The molecule has 0 aliphatic heterocycles. The number of phenols is 1. The van der Waals surface area contributed by atoms with E-state index in [4.69, 9.17) is 32.5 Å². The van der Waals surface area contributed by atoms with Crippen molar-refractivity contribution in [3.8, 4) is 11.5 Å². The molecule has 0 aliphatic rings. The van der Waals surface area contributed by atoms with Crippen LogP contribution in [-0.4, -0.2) is 99.3 Å². The molecule has 0 radical (unpaired) electrons. The van der Waals surface area contributed by atoms with Crippen LogP contribution in [0.25, 0.3) is 60.8 Å². The van der Waals surface area contributed by atoms with Crippen LogP contribution >= 0.6 is 107 Å². The molecule has 11 nitrogen and oxygen atoms in total. The number of benzene rings is 12. The molecule has 734 valence electrons. The summed E-state index contributed by atoms with van der Waals surface area (Å²) in [6.07, 6.45) is 29.6. The van der Waals surface area contributed by atoms with Crippen LogP contribution in [0, 0.1) is 25.9 Å². The fourth-order valence-corrected chi connectivity index (χ4v) is 34.0. The van der Waals surface area contributed by atoms with Gasteiger partial charge in [0.15, 0.2) is 0 Å². The van der Waals surface area contributed by atoms with Crippen molar-refractivity contribution in [3.63, 3.8) is 0 Å². The van der Waals surface area contributed by atoms with Crippen molar-refractivity contribution < 1.29 is 45.8 Å². The first-order chi connectivity index (χ1) is 63.2. The normalized spacial score (nSPS) is 10.8. The molecular weight excluding hydrogens is 2290 g/mol. The zero-order valence-corrected chi connectivity index (χ0v) is 91.7. The minimum atomic E-state index is -3.08. The fourth-order valence-electron chi connectivity index (χ4n) is 13.1. The number of halogens is 6. The number of nitrogens with zero attached hydrogens (tertiary/aromatic N) is 3. The van der Waals surface area contributed by atoms with Crippen LogP contribution in [-0.2, 0) is 40.0 Å². The summed E-state index contributed by atoms with van der Waals surface area (Å²) < 4.78 is 80.6. The number of phenolic OH excluding ortho intramolecular Hbond substituents is 1. The molecule has 0 aliphatic carbocycles. The summed E-state index contributed by atoms with van der Waals surface area (Å²) in [5.74, 6) is 0.664. The molecule has 0 fully saturated rings. The van der Waals surface area contributed by atoms with Gasteiger partial charge in [0.1, 0.15) is 23.1 Å². The first-order valence-corrected chi connectivity index (χ1v) is 59.2. The van der Waals surface area contributed by atoms with Crippen LogP contribution in [0.5, 0.6) is 11.5 Å². The van der Waals surface area contributed by atoms with E-state index >= 15 is 0 Å².